The van der Waals surface area contributed by atoms with Crippen LogP contribution < -0.4 is 16.0 Å². The molecule has 0 saturated carbocycles. The highest BCUT2D eigenvalue weighted by molar-refractivity contribution is 7.22. The van der Waals surface area contributed by atoms with Gasteiger partial charge < -0.3 is 20.7 Å². The summed E-state index contributed by atoms with van der Waals surface area (Å²) < 4.78 is 6.25. The van der Waals surface area contributed by atoms with E-state index in [-0.39, 0.29) is 0 Å². The maximum Gasteiger partial charge on any atom is 0.190 e. The van der Waals surface area contributed by atoms with Crippen molar-refractivity contribution in [3.8, 4) is 12.3 Å². The van der Waals surface area contributed by atoms with Crippen LogP contribution in [0.1, 0.15) is 12.0 Å². The molecule has 1 aliphatic rings. The second-order valence-corrected chi connectivity index (χ2v) is 9.03. The minimum absolute atomic E-state index is 0.620. The van der Waals surface area contributed by atoms with Gasteiger partial charge in [0.1, 0.15) is 16.8 Å². The molecule has 5 rings (SSSR count). The van der Waals surface area contributed by atoms with Crippen molar-refractivity contribution < 1.29 is 4.74 Å². The number of hydrogen-bond donors (Lipinski definition) is 3. The molecule has 178 valence electrons. The summed E-state index contributed by atoms with van der Waals surface area (Å²) in [5.41, 5.74) is 3.14. The van der Waals surface area contributed by atoms with Crippen molar-refractivity contribution in [2.45, 2.75) is 6.42 Å². The third kappa shape index (κ3) is 6.02. The van der Waals surface area contributed by atoms with E-state index >= 15 is 0 Å². The zero-order chi connectivity index (χ0) is 23.9. The second kappa shape index (κ2) is 11.1. The van der Waals surface area contributed by atoms with Gasteiger partial charge in [-0.15, -0.1) is 6.42 Å². The Hall–Kier alpha value is -3.78. The van der Waals surface area contributed by atoms with Gasteiger partial charge in [-0.3, -0.25) is 4.90 Å². The number of nitrogens with one attached hydrogen (secondary N) is 3. The number of fused-ring (bicyclic) bond motifs is 1. The molecular formula is C25H26N8OS. The van der Waals surface area contributed by atoms with E-state index in [0.29, 0.717) is 16.6 Å². The van der Waals surface area contributed by atoms with E-state index < -0.39 is 0 Å². The van der Waals surface area contributed by atoms with Crippen LogP contribution in [0.4, 0.5) is 28.1 Å². The Kier molecular flexibility index (Phi) is 7.29. The molecule has 4 heterocycles. The number of anilines is 5. The van der Waals surface area contributed by atoms with E-state index in [9.17, 15) is 0 Å². The highest BCUT2D eigenvalue weighted by atomic mass is 32.1. The Labute approximate surface area is 208 Å². The van der Waals surface area contributed by atoms with Gasteiger partial charge in [0.15, 0.2) is 16.6 Å². The van der Waals surface area contributed by atoms with E-state index in [1.54, 1.807) is 6.20 Å². The van der Waals surface area contributed by atoms with Crippen molar-refractivity contribution in [2.75, 3.05) is 55.3 Å². The Morgan fingerprint density at radius 1 is 1.06 bits per heavy atom. The molecule has 0 spiro atoms. The zero-order valence-corrected chi connectivity index (χ0v) is 20.0. The minimum Gasteiger partial charge on any atom is -0.379 e. The van der Waals surface area contributed by atoms with Crippen LogP contribution in [0.25, 0.3) is 10.3 Å². The second-order valence-electron chi connectivity index (χ2n) is 8.04. The number of morpholine rings is 1. The molecular weight excluding hydrogens is 460 g/mol. The maximum atomic E-state index is 5.51. The summed E-state index contributed by atoms with van der Waals surface area (Å²) in [5, 5.41) is 10.7. The largest absolute Gasteiger partial charge is 0.379 e. The molecule has 1 saturated heterocycles. The van der Waals surface area contributed by atoms with Gasteiger partial charge >= 0.3 is 0 Å². The number of terminal acetylenes is 1. The van der Waals surface area contributed by atoms with Gasteiger partial charge in [-0.2, -0.15) is 4.98 Å². The Morgan fingerprint density at radius 3 is 2.80 bits per heavy atom. The normalized spacial score (nSPS) is 13.9. The van der Waals surface area contributed by atoms with Crippen LogP contribution in [0.15, 0.2) is 48.9 Å². The first kappa shape index (κ1) is 23.0. The van der Waals surface area contributed by atoms with Crippen LogP contribution in [0.3, 0.4) is 0 Å². The maximum absolute atomic E-state index is 5.51. The first-order chi connectivity index (χ1) is 17.3. The van der Waals surface area contributed by atoms with Gasteiger partial charge in [-0.25, -0.2) is 15.0 Å². The Balaban J connectivity index is 1.18. The van der Waals surface area contributed by atoms with E-state index in [2.05, 4.69) is 46.7 Å². The number of benzene rings is 1. The van der Waals surface area contributed by atoms with Crippen LogP contribution in [-0.2, 0) is 4.74 Å². The SMILES string of the molecule is C#Cc1cccc(Nc2ncnc3nc(Nc4ccc(NCCCN5CCOCC5)nc4)sc23)c1. The van der Waals surface area contributed by atoms with E-state index in [1.807, 2.05) is 36.4 Å². The number of nitrogens with zero attached hydrogens (tertiary/aromatic N) is 5. The van der Waals surface area contributed by atoms with Crippen molar-refractivity contribution in [1.29, 1.82) is 0 Å². The average molecular weight is 487 g/mol. The van der Waals surface area contributed by atoms with Gasteiger partial charge in [0.05, 0.1) is 25.1 Å². The van der Waals surface area contributed by atoms with Crippen LogP contribution >= 0.6 is 11.3 Å². The molecule has 0 bridgehead atoms. The predicted octanol–water partition coefficient (Wildman–Crippen LogP) is 4.08. The molecule has 1 aliphatic heterocycles. The summed E-state index contributed by atoms with van der Waals surface area (Å²) >= 11 is 1.48. The van der Waals surface area contributed by atoms with Crippen LogP contribution in [-0.4, -0.2) is 64.2 Å². The van der Waals surface area contributed by atoms with Gasteiger partial charge in [0.2, 0.25) is 0 Å². The van der Waals surface area contributed by atoms with Crippen molar-refractivity contribution >= 4 is 49.8 Å². The number of rotatable bonds is 9. The quantitative estimate of drug-likeness (QED) is 0.239. The van der Waals surface area contributed by atoms with Crippen molar-refractivity contribution in [2.24, 2.45) is 0 Å². The zero-order valence-electron chi connectivity index (χ0n) is 19.2. The van der Waals surface area contributed by atoms with Crippen LogP contribution in [0, 0.1) is 12.3 Å². The Morgan fingerprint density at radius 2 is 1.97 bits per heavy atom. The Bertz CT molecular complexity index is 1310. The molecule has 35 heavy (non-hydrogen) atoms. The molecule has 3 N–H and O–H groups in total. The number of hydrogen-bond acceptors (Lipinski definition) is 10. The molecule has 0 amide bonds. The number of pyridine rings is 1. The fourth-order valence-corrected chi connectivity index (χ4v) is 4.64. The molecule has 0 atom stereocenters. The number of thiazole rings is 1. The summed E-state index contributed by atoms with van der Waals surface area (Å²) in [6.07, 6.45) is 9.88. The summed E-state index contributed by atoms with van der Waals surface area (Å²) in [7, 11) is 0. The van der Waals surface area contributed by atoms with Crippen LogP contribution in [0.5, 0.6) is 0 Å². The third-order valence-electron chi connectivity index (χ3n) is 5.56. The summed E-state index contributed by atoms with van der Waals surface area (Å²) in [4.78, 5) is 20.3. The fourth-order valence-electron chi connectivity index (χ4n) is 3.76. The van der Waals surface area contributed by atoms with Crippen LogP contribution in [0.2, 0.25) is 0 Å². The number of ether oxygens (including phenoxy) is 1. The summed E-state index contributed by atoms with van der Waals surface area (Å²) in [6.45, 7) is 5.67. The van der Waals surface area contributed by atoms with Gasteiger partial charge in [-0.1, -0.05) is 23.3 Å². The first-order valence-corrected chi connectivity index (χ1v) is 12.3. The lowest BCUT2D eigenvalue weighted by atomic mass is 10.2. The standard InChI is InChI=1S/C25H26N8OS/c1-2-18-5-3-6-19(15-18)30-23-22-24(29-17-28-23)32-25(35-22)31-20-7-8-21(27-16-20)26-9-4-10-33-11-13-34-14-12-33/h1,3,5-8,15-17H,4,9-14H2,(H,26,27)(H2,28,29,30,31,32). The highest BCUT2D eigenvalue weighted by Crippen LogP contribution is 2.32. The third-order valence-corrected chi connectivity index (χ3v) is 6.53. The van der Waals surface area contributed by atoms with Gasteiger partial charge in [0, 0.05) is 30.9 Å². The lowest BCUT2D eigenvalue weighted by Gasteiger charge is -2.26. The van der Waals surface area contributed by atoms with Gasteiger partial charge in [0.25, 0.3) is 0 Å². The van der Waals surface area contributed by atoms with E-state index in [4.69, 9.17) is 11.2 Å². The summed E-state index contributed by atoms with van der Waals surface area (Å²) in [5.74, 6) is 4.18. The predicted molar refractivity (Wildman–Crippen MR) is 141 cm³/mol. The monoisotopic (exact) mass is 486 g/mol. The summed E-state index contributed by atoms with van der Waals surface area (Å²) in [6, 6.07) is 11.6. The highest BCUT2D eigenvalue weighted by Gasteiger charge is 2.12. The molecule has 9 nitrogen and oxygen atoms in total. The van der Waals surface area contributed by atoms with E-state index in [0.717, 1.165) is 73.3 Å². The lowest BCUT2D eigenvalue weighted by molar-refractivity contribution is 0.0378. The molecule has 0 unspecified atom stereocenters. The molecule has 4 aromatic rings. The van der Waals surface area contributed by atoms with Crippen molar-refractivity contribution in [3.05, 3.63) is 54.5 Å². The first-order valence-electron chi connectivity index (χ1n) is 11.5. The fraction of sp³-hybridized carbons (Fsp3) is 0.280. The van der Waals surface area contributed by atoms with Crippen molar-refractivity contribution in [3.63, 3.8) is 0 Å². The van der Waals surface area contributed by atoms with Gasteiger partial charge in [-0.05, 0) is 43.3 Å². The minimum atomic E-state index is 0.620. The molecule has 0 radical (unpaired) electrons. The lowest BCUT2D eigenvalue weighted by Crippen LogP contribution is -2.37. The topological polar surface area (TPSA) is 100 Å². The van der Waals surface area contributed by atoms with Crippen molar-refractivity contribution in [1.82, 2.24) is 24.8 Å². The molecule has 1 fully saturated rings. The molecule has 10 heteroatoms. The molecule has 0 aliphatic carbocycles. The molecule has 1 aromatic carbocycles. The average Bonchev–Trinajstić information content (AvgIpc) is 3.32. The number of aromatic nitrogens is 4. The molecule has 3 aromatic heterocycles. The van der Waals surface area contributed by atoms with E-state index in [1.165, 1.54) is 17.7 Å². The smallest absolute Gasteiger partial charge is 0.190 e.